The highest BCUT2D eigenvalue weighted by Gasteiger charge is 2.37. The molecule has 4 rings (SSSR count). The van der Waals surface area contributed by atoms with Crippen LogP contribution in [0.4, 0.5) is 18.9 Å². The highest BCUT2D eigenvalue weighted by molar-refractivity contribution is 7.92. The lowest BCUT2D eigenvalue weighted by Crippen LogP contribution is -2.45. The van der Waals surface area contributed by atoms with Crippen molar-refractivity contribution in [3.05, 3.63) is 83.9 Å². The van der Waals surface area contributed by atoms with E-state index in [1.807, 2.05) is 13.8 Å². The van der Waals surface area contributed by atoms with E-state index in [2.05, 4.69) is 5.32 Å². The molecule has 202 valence electrons. The Morgan fingerprint density at radius 1 is 1.08 bits per heavy atom. The average molecular weight is 549 g/mol. The van der Waals surface area contributed by atoms with Crippen LogP contribution in [0, 0.1) is 0 Å². The van der Waals surface area contributed by atoms with Crippen LogP contribution in [0.5, 0.6) is 11.5 Å². The number of carbonyl (C=O) groups excluding carboxylic acids is 1. The molecule has 0 spiro atoms. The molecule has 1 amide bonds. The molecule has 7 nitrogen and oxygen atoms in total. The van der Waals surface area contributed by atoms with Crippen molar-refractivity contribution >= 4 is 21.6 Å². The molecular weight excluding hydrogens is 521 g/mol. The Hall–Kier alpha value is -3.73. The third-order valence-corrected chi connectivity index (χ3v) is 7.88. The summed E-state index contributed by atoms with van der Waals surface area (Å²) in [5, 5.41) is 2.85. The zero-order chi connectivity index (χ0) is 27.7. The molecule has 0 aliphatic carbocycles. The van der Waals surface area contributed by atoms with E-state index < -0.39 is 45.9 Å². The molecule has 0 aromatic heterocycles. The standard InChI is InChI=1S/C27H27F3N2O5S/c1-26(2)16-23(22-13-12-20(36-3)15-24(22)37-26)31-25(33)17-32(38(34,35)21-10-5-4-6-11-21)19-9-7-8-18(14-19)27(28,29)30/h4-15,23H,16-17H2,1-3H3,(H,31,33). The molecule has 0 saturated carbocycles. The molecule has 0 fully saturated rings. The number of halogens is 3. The lowest BCUT2D eigenvalue weighted by Gasteiger charge is -2.38. The first kappa shape index (κ1) is 27.3. The second kappa shape index (κ2) is 10.2. The van der Waals surface area contributed by atoms with E-state index in [4.69, 9.17) is 9.47 Å². The smallest absolute Gasteiger partial charge is 0.416 e. The number of nitrogens with zero attached hydrogens (tertiary/aromatic N) is 1. The molecule has 1 aliphatic heterocycles. The number of hydrogen-bond acceptors (Lipinski definition) is 5. The number of benzene rings is 3. The summed E-state index contributed by atoms with van der Waals surface area (Å²) in [6.07, 6.45) is -4.31. The molecule has 3 aromatic carbocycles. The number of rotatable bonds is 7. The van der Waals surface area contributed by atoms with Crippen molar-refractivity contribution < 1.29 is 35.9 Å². The first-order valence-corrected chi connectivity index (χ1v) is 13.2. The minimum absolute atomic E-state index is 0.158. The number of hydrogen-bond donors (Lipinski definition) is 1. The lowest BCUT2D eigenvalue weighted by atomic mass is 9.89. The number of carbonyl (C=O) groups is 1. The Kier molecular flexibility index (Phi) is 7.33. The van der Waals surface area contributed by atoms with Crippen LogP contribution < -0.4 is 19.1 Å². The first-order valence-electron chi connectivity index (χ1n) is 11.7. The monoisotopic (exact) mass is 548 g/mol. The van der Waals surface area contributed by atoms with E-state index in [-0.39, 0.29) is 10.6 Å². The van der Waals surface area contributed by atoms with Gasteiger partial charge in [-0.25, -0.2) is 8.42 Å². The molecule has 1 aliphatic rings. The van der Waals surface area contributed by atoms with Gasteiger partial charge in [0.1, 0.15) is 23.6 Å². The summed E-state index contributed by atoms with van der Waals surface area (Å²) in [6, 6.07) is 15.7. The largest absolute Gasteiger partial charge is 0.497 e. The van der Waals surface area contributed by atoms with Crippen LogP contribution in [-0.4, -0.2) is 33.6 Å². The number of fused-ring (bicyclic) bond motifs is 1. The molecule has 0 saturated heterocycles. The van der Waals surface area contributed by atoms with Crippen molar-refractivity contribution in [1.82, 2.24) is 5.32 Å². The fourth-order valence-electron chi connectivity index (χ4n) is 4.33. The molecule has 11 heteroatoms. The maximum absolute atomic E-state index is 13.5. The number of anilines is 1. The van der Waals surface area contributed by atoms with Gasteiger partial charge in [0.25, 0.3) is 10.0 Å². The van der Waals surface area contributed by atoms with Gasteiger partial charge in [-0.3, -0.25) is 9.10 Å². The van der Waals surface area contributed by atoms with Gasteiger partial charge in [0.15, 0.2) is 0 Å². The summed E-state index contributed by atoms with van der Waals surface area (Å²) in [7, 11) is -2.86. The molecule has 1 heterocycles. The Bertz CT molecular complexity index is 1430. The molecule has 1 atom stereocenters. The van der Waals surface area contributed by atoms with Gasteiger partial charge in [-0.1, -0.05) is 24.3 Å². The second-order valence-electron chi connectivity index (χ2n) is 9.46. The molecule has 1 unspecified atom stereocenters. The number of methoxy groups -OCH3 is 1. The van der Waals surface area contributed by atoms with Gasteiger partial charge in [0.05, 0.1) is 29.3 Å². The van der Waals surface area contributed by atoms with Crippen LogP contribution in [-0.2, 0) is 21.0 Å². The SMILES string of the molecule is COc1ccc2c(c1)OC(C)(C)CC2NC(=O)CN(c1cccc(C(F)(F)F)c1)S(=O)(=O)c1ccccc1. The van der Waals surface area contributed by atoms with E-state index >= 15 is 0 Å². The molecular formula is C27H27F3N2O5S. The predicted molar refractivity (Wildman–Crippen MR) is 136 cm³/mol. The van der Waals surface area contributed by atoms with Crippen molar-refractivity contribution in [1.29, 1.82) is 0 Å². The topological polar surface area (TPSA) is 84.9 Å². The zero-order valence-corrected chi connectivity index (χ0v) is 21.8. The van der Waals surface area contributed by atoms with Crippen LogP contribution >= 0.6 is 0 Å². The van der Waals surface area contributed by atoms with Gasteiger partial charge < -0.3 is 14.8 Å². The summed E-state index contributed by atoms with van der Waals surface area (Å²) in [4.78, 5) is 13.1. The minimum Gasteiger partial charge on any atom is -0.497 e. The summed E-state index contributed by atoms with van der Waals surface area (Å²) in [5.41, 5.74) is -1.29. The maximum atomic E-state index is 13.5. The normalized spacial score (nSPS) is 16.6. The molecule has 38 heavy (non-hydrogen) atoms. The Morgan fingerprint density at radius 2 is 1.79 bits per heavy atom. The number of alkyl halides is 3. The highest BCUT2D eigenvalue weighted by Crippen LogP contribution is 2.41. The van der Waals surface area contributed by atoms with Gasteiger partial charge in [0.2, 0.25) is 5.91 Å². The van der Waals surface area contributed by atoms with E-state index in [0.717, 1.165) is 12.1 Å². The molecule has 3 aromatic rings. The van der Waals surface area contributed by atoms with E-state index in [1.165, 1.54) is 37.4 Å². The van der Waals surface area contributed by atoms with Crippen LogP contribution in [0.25, 0.3) is 0 Å². The third-order valence-electron chi connectivity index (χ3n) is 6.09. The van der Waals surface area contributed by atoms with Crippen LogP contribution in [0.3, 0.4) is 0 Å². The number of amides is 1. The minimum atomic E-state index is -4.70. The second-order valence-corrected chi connectivity index (χ2v) is 11.3. The van der Waals surface area contributed by atoms with Crippen molar-refractivity contribution in [2.24, 2.45) is 0 Å². The lowest BCUT2D eigenvalue weighted by molar-refractivity contribution is -0.137. The van der Waals surface area contributed by atoms with Gasteiger partial charge >= 0.3 is 6.18 Å². The van der Waals surface area contributed by atoms with Crippen LogP contribution in [0.1, 0.15) is 37.4 Å². The van der Waals surface area contributed by atoms with Crippen LogP contribution in [0.15, 0.2) is 77.7 Å². The fourth-order valence-corrected chi connectivity index (χ4v) is 5.76. The van der Waals surface area contributed by atoms with Crippen LogP contribution in [0.2, 0.25) is 0 Å². The van der Waals surface area contributed by atoms with E-state index in [1.54, 1.807) is 24.3 Å². The molecule has 1 N–H and O–H groups in total. The Morgan fingerprint density at radius 3 is 2.45 bits per heavy atom. The number of sulfonamides is 1. The summed E-state index contributed by atoms with van der Waals surface area (Å²) < 4.78 is 79.3. The van der Waals surface area contributed by atoms with E-state index in [0.29, 0.717) is 33.9 Å². The van der Waals surface area contributed by atoms with Gasteiger partial charge in [0, 0.05) is 18.1 Å². The van der Waals surface area contributed by atoms with Gasteiger partial charge in [-0.15, -0.1) is 0 Å². The summed E-state index contributed by atoms with van der Waals surface area (Å²) in [5.74, 6) is 0.389. The highest BCUT2D eigenvalue weighted by atomic mass is 32.2. The van der Waals surface area contributed by atoms with Crippen molar-refractivity contribution in [2.75, 3.05) is 18.0 Å². The summed E-state index contributed by atoms with van der Waals surface area (Å²) in [6.45, 7) is 2.97. The number of nitrogens with one attached hydrogen (secondary N) is 1. The number of ether oxygens (including phenoxy) is 2. The first-order chi connectivity index (χ1) is 17.8. The fraction of sp³-hybridized carbons (Fsp3) is 0.296. The van der Waals surface area contributed by atoms with Gasteiger partial charge in [-0.2, -0.15) is 13.2 Å². The maximum Gasteiger partial charge on any atom is 0.416 e. The molecule has 0 radical (unpaired) electrons. The summed E-state index contributed by atoms with van der Waals surface area (Å²) >= 11 is 0. The van der Waals surface area contributed by atoms with Crippen molar-refractivity contribution in [2.45, 2.75) is 43.0 Å². The Labute approximate surface area is 219 Å². The average Bonchev–Trinajstić information content (AvgIpc) is 2.86. The van der Waals surface area contributed by atoms with Crippen molar-refractivity contribution in [3.63, 3.8) is 0 Å². The van der Waals surface area contributed by atoms with Gasteiger partial charge in [-0.05, 0) is 56.3 Å². The zero-order valence-electron chi connectivity index (χ0n) is 21.0. The third kappa shape index (κ3) is 5.88. The predicted octanol–water partition coefficient (Wildman–Crippen LogP) is 5.33. The molecule has 0 bridgehead atoms. The quantitative estimate of drug-likeness (QED) is 0.432. The van der Waals surface area contributed by atoms with E-state index in [9.17, 15) is 26.4 Å². The van der Waals surface area contributed by atoms with Crippen molar-refractivity contribution in [3.8, 4) is 11.5 Å². The Balaban J connectivity index is 1.68.